The van der Waals surface area contributed by atoms with Crippen molar-refractivity contribution in [1.29, 1.82) is 0 Å². The fourth-order valence-electron chi connectivity index (χ4n) is 3.02. The molecule has 2 aliphatic rings. The molecule has 2 fully saturated rings. The minimum atomic E-state index is 0.337. The molecule has 1 aliphatic carbocycles. The molecule has 0 aromatic heterocycles. The molecule has 3 nitrogen and oxygen atoms in total. The number of para-hydroxylation sites is 1. The first-order chi connectivity index (χ1) is 10.2. The quantitative estimate of drug-likeness (QED) is 0.869. The SMILES string of the molecule is CN(CC1CCCCO1)c1c(Cl)cccc1CNC1CC1. The van der Waals surface area contributed by atoms with E-state index >= 15 is 0 Å². The van der Waals surface area contributed by atoms with E-state index in [1.165, 1.54) is 31.2 Å². The highest BCUT2D eigenvalue weighted by molar-refractivity contribution is 6.33. The molecule has 1 N–H and O–H groups in total. The Labute approximate surface area is 132 Å². The Hall–Kier alpha value is -0.770. The van der Waals surface area contributed by atoms with E-state index in [1.54, 1.807) is 0 Å². The Balaban J connectivity index is 1.68. The van der Waals surface area contributed by atoms with E-state index in [4.69, 9.17) is 16.3 Å². The number of anilines is 1. The molecule has 0 spiro atoms. The Kier molecular flexibility index (Phi) is 5.04. The zero-order valence-electron chi connectivity index (χ0n) is 12.8. The minimum Gasteiger partial charge on any atom is -0.376 e. The van der Waals surface area contributed by atoms with Crippen LogP contribution in [0.15, 0.2) is 18.2 Å². The molecule has 3 rings (SSSR count). The van der Waals surface area contributed by atoms with Crippen LogP contribution in [0, 0.1) is 0 Å². The molecular formula is C17H25ClN2O. The maximum atomic E-state index is 6.46. The molecular weight excluding hydrogens is 284 g/mol. The number of hydrogen-bond donors (Lipinski definition) is 1. The van der Waals surface area contributed by atoms with Gasteiger partial charge in [-0.3, -0.25) is 0 Å². The number of nitrogens with zero attached hydrogens (tertiary/aromatic N) is 1. The Morgan fingerprint density at radius 1 is 1.29 bits per heavy atom. The lowest BCUT2D eigenvalue weighted by Crippen LogP contribution is -2.34. The lowest BCUT2D eigenvalue weighted by molar-refractivity contribution is 0.0216. The molecule has 1 aromatic carbocycles. The second kappa shape index (κ2) is 6.99. The number of halogens is 1. The van der Waals surface area contributed by atoms with Gasteiger partial charge in [-0.25, -0.2) is 0 Å². The highest BCUT2D eigenvalue weighted by Crippen LogP contribution is 2.31. The molecule has 1 heterocycles. The third-order valence-electron chi connectivity index (χ3n) is 4.36. The number of likely N-dealkylation sites (N-methyl/N-ethyl adjacent to an activating group) is 1. The molecule has 0 amide bonds. The van der Waals surface area contributed by atoms with E-state index in [9.17, 15) is 0 Å². The van der Waals surface area contributed by atoms with E-state index in [0.717, 1.165) is 36.8 Å². The molecule has 0 bridgehead atoms. The normalized spacial score (nSPS) is 22.3. The minimum absolute atomic E-state index is 0.337. The van der Waals surface area contributed by atoms with Gasteiger partial charge in [0.05, 0.1) is 16.8 Å². The summed E-state index contributed by atoms with van der Waals surface area (Å²) in [5.74, 6) is 0. The van der Waals surface area contributed by atoms with Crippen molar-refractivity contribution in [2.45, 2.75) is 50.8 Å². The van der Waals surface area contributed by atoms with Crippen molar-refractivity contribution in [3.05, 3.63) is 28.8 Å². The van der Waals surface area contributed by atoms with Gasteiger partial charge in [-0.2, -0.15) is 0 Å². The number of benzene rings is 1. The van der Waals surface area contributed by atoms with Crippen LogP contribution in [0.4, 0.5) is 5.69 Å². The van der Waals surface area contributed by atoms with Crippen LogP contribution >= 0.6 is 11.6 Å². The lowest BCUT2D eigenvalue weighted by Gasteiger charge is -2.30. The molecule has 1 saturated heterocycles. The molecule has 116 valence electrons. The smallest absolute Gasteiger partial charge is 0.0749 e. The molecule has 1 aromatic rings. The summed E-state index contributed by atoms with van der Waals surface area (Å²) < 4.78 is 5.86. The molecule has 1 aliphatic heterocycles. The lowest BCUT2D eigenvalue weighted by atomic mass is 10.1. The average Bonchev–Trinajstić information content (AvgIpc) is 3.30. The van der Waals surface area contributed by atoms with Crippen molar-refractivity contribution in [2.24, 2.45) is 0 Å². The standard InChI is InChI=1S/C17H25ClN2O/c1-20(12-15-6-2-3-10-21-15)17-13(5-4-7-16(17)18)11-19-14-8-9-14/h4-5,7,14-15,19H,2-3,6,8-12H2,1H3. The fourth-order valence-corrected chi connectivity index (χ4v) is 3.36. The van der Waals surface area contributed by atoms with Gasteiger partial charge < -0.3 is 15.0 Å². The molecule has 4 heteroatoms. The largest absolute Gasteiger partial charge is 0.376 e. The van der Waals surface area contributed by atoms with Gasteiger partial charge >= 0.3 is 0 Å². The maximum Gasteiger partial charge on any atom is 0.0749 e. The van der Waals surface area contributed by atoms with Crippen LogP contribution < -0.4 is 10.2 Å². The number of nitrogens with one attached hydrogen (secondary N) is 1. The van der Waals surface area contributed by atoms with E-state index in [2.05, 4.69) is 23.3 Å². The summed E-state index contributed by atoms with van der Waals surface area (Å²) >= 11 is 6.46. The topological polar surface area (TPSA) is 24.5 Å². The highest BCUT2D eigenvalue weighted by atomic mass is 35.5. The summed E-state index contributed by atoms with van der Waals surface area (Å²) in [5.41, 5.74) is 2.44. The monoisotopic (exact) mass is 308 g/mol. The average molecular weight is 309 g/mol. The summed E-state index contributed by atoms with van der Waals surface area (Å²) in [6.45, 7) is 2.72. The first-order valence-electron chi connectivity index (χ1n) is 8.07. The van der Waals surface area contributed by atoms with Gasteiger partial charge in [0.25, 0.3) is 0 Å². The first kappa shape index (κ1) is 15.1. The zero-order chi connectivity index (χ0) is 14.7. The summed E-state index contributed by atoms with van der Waals surface area (Å²) in [6, 6.07) is 6.91. The summed E-state index contributed by atoms with van der Waals surface area (Å²) in [6.07, 6.45) is 6.58. The fraction of sp³-hybridized carbons (Fsp3) is 0.647. The highest BCUT2D eigenvalue weighted by Gasteiger charge is 2.22. The second-order valence-corrected chi connectivity index (χ2v) is 6.68. The van der Waals surface area contributed by atoms with Gasteiger partial charge in [0, 0.05) is 32.8 Å². The van der Waals surface area contributed by atoms with Gasteiger partial charge in [-0.1, -0.05) is 23.7 Å². The van der Waals surface area contributed by atoms with E-state index in [1.807, 2.05) is 12.1 Å². The van der Waals surface area contributed by atoms with Gasteiger partial charge in [-0.15, -0.1) is 0 Å². The van der Waals surface area contributed by atoms with Crippen molar-refractivity contribution in [2.75, 3.05) is 25.1 Å². The molecule has 21 heavy (non-hydrogen) atoms. The third-order valence-corrected chi connectivity index (χ3v) is 4.67. The van der Waals surface area contributed by atoms with Crippen LogP contribution in [-0.4, -0.2) is 32.3 Å². The third kappa shape index (κ3) is 4.12. The number of hydrogen-bond acceptors (Lipinski definition) is 3. The van der Waals surface area contributed by atoms with Gasteiger partial charge in [0.2, 0.25) is 0 Å². The zero-order valence-corrected chi connectivity index (χ0v) is 13.5. The van der Waals surface area contributed by atoms with E-state index in [-0.39, 0.29) is 0 Å². The number of ether oxygens (including phenoxy) is 1. The van der Waals surface area contributed by atoms with Crippen molar-refractivity contribution in [1.82, 2.24) is 5.32 Å². The van der Waals surface area contributed by atoms with Crippen molar-refractivity contribution < 1.29 is 4.74 Å². The van der Waals surface area contributed by atoms with Crippen LogP contribution in [0.2, 0.25) is 5.02 Å². The first-order valence-corrected chi connectivity index (χ1v) is 8.45. The van der Waals surface area contributed by atoms with Crippen LogP contribution in [0.5, 0.6) is 0 Å². The van der Waals surface area contributed by atoms with Crippen LogP contribution in [-0.2, 0) is 11.3 Å². The Morgan fingerprint density at radius 2 is 2.14 bits per heavy atom. The van der Waals surface area contributed by atoms with Crippen LogP contribution in [0.25, 0.3) is 0 Å². The molecule has 1 unspecified atom stereocenters. The summed E-state index contributed by atoms with van der Waals surface area (Å²) in [4.78, 5) is 2.27. The molecule has 1 atom stereocenters. The van der Waals surface area contributed by atoms with Crippen LogP contribution in [0.1, 0.15) is 37.7 Å². The van der Waals surface area contributed by atoms with Crippen LogP contribution in [0.3, 0.4) is 0 Å². The van der Waals surface area contributed by atoms with Crippen molar-refractivity contribution >= 4 is 17.3 Å². The number of rotatable bonds is 6. The van der Waals surface area contributed by atoms with Gasteiger partial charge in [-0.05, 0) is 43.7 Å². The predicted octanol–water partition coefficient (Wildman–Crippen LogP) is 3.60. The Morgan fingerprint density at radius 3 is 2.86 bits per heavy atom. The van der Waals surface area contributed by atoms with E-state index < -0.39 is 0 Å². The van der Waals surface area contributed by atoms with Crippen molar-refractivity contribution in [3.8, 4) is 0 Å². The Bertz CT molecular complexity index is 470. The maximum absolute atomic E-state index is 6.46. The van der Waals surface area contributed by atoms with Gasteiger partial charge in [0.1, 0.15) is 0 Å². The second-order valence-electron chi connectivity index (χ2n) is 6.27. The van der Waals surface area contributed by atoms with E-state index in [0.29, 0.717) is 12.1 Å². The van der Waals surface area contributed by atoms with Gasteiger partial charge in [0.15, 0.2) is 0 Å². The van der Waals surface area contributed by atoms with Crippen molar-refractivity contribution in [3.63, 3.8) is 0 Å². The molecule has 0 radical (unpaired) electrons. The predicted molar refractivity (Wildman–Crippen MR) is 88.2 cm³/mol. The summed E-state index contributed by atoms with van der Waals surface area (Å²) in [7, 11) is 2.12. The summed E-state index contributed by atoms with van der Waals surface area (Å²) in [5, 5.41) is 4.42. The molecule has 1 saturated carbocycles.